The van der Waals surface area contributed by atoms with E-state index >= 15 is 0 Å². The van der Waals surface area contributed by atoms with Crippen molar-refractivity contribution in [3.05, 3.63) is 0 Å². The summed E-state index contributed by atoms with van der Waals surface area (Å²) in [6.45, 7) is 20.4. The number of fused-ring (bicyclic) bond motifs is 2. The Morgan fingerprint density at radius 2 is 1.59 bits per heavy atom. The average Bonchev–Trinajstić information content (AvgIpc) is 3.29. The molecule has 4 aliphatic rings. The van der Waals surface area contributed by atoms with E-state index in [1.165, 1.54) is 12.8 Å². The molecule has 1 heterocycles. The Hall–Kier alpha value is 0.0569. The molecule has 4 fully saturated rings. The molecule has 1 aliphatic heterocycles. The molecule has 186 valence electrons. The minimum Gasteiger partial charge on any atom is -0.414 e. The summed E-state index contributed by atoms with van der Waals surface area (Å²) < 4.78 is 19.3. The molecule has 0 amide bonds. The van der Waals surface area contributed by atoms with Crippen molar-refractivity contribution >= 4 is 8.32 Å². The zero-order valence-electron chi connectivity index (χ0n) is 22.1. The molecule has 2 unspecified atom stereocenters. The van der Waals surface area contributed by atoms with Crippen LogP contribution in [-0.2, 0) is 13.9 Å². The first-order valence-corrected chi connectivity index (χ1v) is 16.3. The highest BCUT2D eigenvalue weighted by molar-refractivity contribution is 6.74. The lowest BCUT2D eigenvalue weighted by Gasteiger charge is -2.57. The Morgan fingerprint density at radius 1 is 0.969 bits per heavy atom. The van der Waals surface area contributed by atoms with E-state index in [4.69, 9.17) is 13.9 Å². The Morgan fingerprint density at radius 3 is 2.19 bits per heavy atom. The van der Waals surface area contributed by atoms with Crippen LogP contribution in [0.25, 0.3) is 0 Å². The maximum Gasteiger partial charge on any atom is 0.192 e. The molecule has 5 heteroatoms. The van der Waals surface area contributed by atoms with Gasteiger partial charge in [-0.2, -0.15) is 0 Å². The predicted molar refractivity (Wildman–Crippen MR) is 132 cm³/mol. The number of aliphatic hydroxyl groups excluding tert-OH is 1. The van der Waals surface area contributed by atoms with Gasteiger partial charge in [0.15, 0.2) is 14.1 Å². The summed E-state index contributed by atoms with van der Waals surface area (Å²) in [6.07, 6.45) is 8.93. The fourth-order valence-corrected chi connectivity index (χ4v) is 9.31. The summed E-state index contributed by atoms with van der Waals surface area (Å²) in [5.41, 5.74) is 0.135. The first-order chi connectivity index (χ1) is 14.8. The third-order valence-corrected chi connectivity index (χ3v) is 15.7. The maximum atomic E-state index is 11.8. The third kappa shape index (κ3) is 3.77. The molecule has 0 bridgehead atoms. The van der Waals surface area contributed by atoms with Crippen molar-refractivity contribution in [1.29, 1.82) is 0 Å². The van der Waals surface area contributed by atoms with Gasteiger partial charge in [0, 0.05) is 17.9 Å². The van der Waals surface area contributed by atoms with Crippen molar-refractivity contribution in [2.75, 3.05) is 13.2 Å². The van der Waals surface area contributed by atoms with E-state index in [9.17, 15) is 5.11 Å². The van der Waals surface area contributed by atoms with Crippen molar-refractivity contribution in [2.24, 2.45) is 28.6 Å². The molecule has 0 aromatic heterocycles. The van der Waals surface area contributed by atoms with Crippen LogP contribution in [0.4, 0.5) is 0 Å². The number of hydrogen-bond acceptors (Lipinski definition) is 4. The largest absolute Gasteiger partial charge is 0.414 e. The van der Waals surface area contributed by atoms with Crippen molar-refractivity contribution < 1.29 is 19.0 Å². The van der Waals surface area contributed by atoms with E-state index in [2.05, 4.69) is 54.6 Å². The van der Waals surface area contributed by atoms with Crippen LogP contribution in [-0.4, -0.2) is 44.6 Å². The normalized spacial score (nSPS) is 44.7. The zero-order valence-corrected chi connectivity index (χ0v) is 23.1. The van der Waals surface area contributed by atoms with Gasteiger partial charge in [-0.15, -0.1) is 0 Å². The quantitative estimate of drug-likeness (QED) is 0.479. The molecule has 0 aromatic rings. The van der Waals surface area contributed by atoms with Gasteiger partial charge in [-0.25, -0.2) is 0 Å². The molecule has 32 heavy (non-hydrogen) atoms. The van der Waals surface area contributed by atoms with Crippen LogP contribution in [0.1, 0.15) is 92.9 Å². The maximum absolute atomic E-state index is 11.8. The molecule has 4 rings (SSSR count). The second kappa shape index (κ2) is 8.32. The molecule has 3 aliphatic carbocycles. The molecule has 4 nitrogen and oxygen atoms in total. The van der Waals surface area contributed by atoms with Crippen molar-refractivity contribution in [3.8, 4) is 0 Å². The Balaban J connectivity index is 1.49. The van der Waals surface area contributed by atoms with E-state index < -0.39 is 14.1 Å². The van der Waals surface area contributed by atoms with Crippen LogP contribution in [0.15, 0.2) is 0 Å². The standard InChI is InChI=1S/C27H50O4Si/c1-9-19-18-20(31-32(7,8)24(2,3)4)10-13-25(19,5)21-11-14-26(6)22(23(21)28)12-15-27(26)29-16-17-30-27/h19-23,28H,9-18H2,1-8H3/t19-,20-,21?,22?,23+,25-,26-/m0/s1. The van der Waals surface area contributed by atoms with Gasteiger partial charge >= 0.3 is 0 Å². The molecular formula is C27H50O4Si. The monoisotopic (exact) mass is 466 g/mol. The van der Waals surface area contributed by atoms with Gasteiger partial charge in [0.05, 0.1) is 19.3 Å². The minimum absolute atomic E-state index is 0.0554. The summed E-state index contributed by atoms with van der Waals surface area (Å²) >= 11 is 0. The van der Waals surface area contributed by atoms with Gasteiger partial charge in [-0.1, -0.05) is 48.0 Å². The van der Waals surface area contributed by atoms with Crippen LogP contribution in [0.2, 0.25) is 18.1 Å². The number of hydrogen-bond donors (Lipinski definition) is 1. The van der Waals surface area contributed by atoms with Gasteiger partial charge in [0.25, 0.3) is 0 Å². The average molecular weight is 467 g/mol. The van der Waals surface area contributed by atoms with Gasteiger partial charge in [-0.3, -0.25) is 0 Å². The lowest BCUT2D eigenvalue weighted by molar-refractivity contribution is -0.250. The second-order valence-electron chi connectivity index (χ2n) is 13.5. The molecule has 1 N–H and O–H groups in total. The summed E-state index contributed by atoms with van der Waals surface area (Å²) in [4.78, 5) is 0. The van der Waals surface area contributed by atoms with Crippen LogP contribution in [0.5, 0.6) is 0 Å². The van der Waals surface area contributed by atoms with E-state index in [-0.39, 0.29) is 27.9 Å². The SMILES string of the molecule is CC[C@H]1C[C@@H](O[Si](C)(C)C(C)(C)C)CC[C@]1(C)C1CC[C@@]2(C)C(CCC23OCCO3)[C@@H]1O. The molecular weight excluding hydrogens is 416 g/mol. The first kappa shape index (κ1) is 25.2. The van der Waals surface area contributed by atoms with Crippen LogP contribution >= 0.6 is 0 Å². The fraction of sp³-hybridized carbons (Fsp3) is 1.00. The summed E-state index contributed by atoms with van der Waals surface area (Å²) in [5, 5.41) is 12.1. The van der Waals surface area contributed by atoms with Crippen molar-refractivity contribution in [3.63, 3.8) is 0 Å². The summed E-state index contributed by atoms with van der Waals surface area (Å²) in [5.74, 6) is 0.832. The van der Waals surface area contributed by atoms with Gasteiger partial charge in [-0.05, 0) is 79.8 Å². The van der Waals surface area contributed by atoms with E-state index in [1.807, 2.05) is 0 Å². The Bertz CT molecular complexity index is 682. The zero-order chi connectivity index (χ0) is 23.6. The topological polar surface area (TPSA) is 47.9 Å². The molecule has 0 radical (unpaired) electrons. The molecule has 1 spiro atoms. The summed E-state index contributed by atoms with van der Waals surface area (Å²) in [7, 11) is -1.76. The van der Waals surface area contributed by atoms with Crippen LogP contribution in [0.3, 0.4) is 0 Å². The Labute approximate surface area is 198 Å². The van der Waals surface area contributed by atoms with E-state index in [0.29, 0.717) is 31.2 Å². The lowest BCUT2D eigenvalue weighted by Crippen LogP contribution is -2.57. The van der Waals surface area contributed by atoms with Crippen LogP contribution < -0.4 is 0 Å². The highest BCUT2D eigenvalue weighted by atomic mass is 28.4. The number of rotatable bonds is 4. The summed E-state index contributed by atoms with van der Waals surface area (Å²) in [6, 6.07) is 0. The lowest BCUT2D eigenvalue weighted by atomic mass is 9.51. The van der Waals surface area contributed by atoms with Crippen molar-refractivity contribution in [1.82, 2.24) is 0 Å². The fourth-order valence-electron chi connectivity index (χ4n) is 7.91. The first-order valence-electron chi connectivity index (χ1n) is 13.4. The molecule has 3 saturated carbocycles. The van der Waals surface area contributed by atoms with E-state index in [1.54, 1.807) is 0 Å². The van der Waals surface area contributed by atoms with Crippen LogP contribution in [0, 0.1) is 28.6 Å². The smallest absolute Gasteiger partial charge is 0.192 e. The molecule has 1 saturated heterocycles. The third-order valence-electron chi connectivity index (χ3n) is 11.1. The van der Waals surface area contributed by atoms with Gasteiger partial charge in [0.2, 0.25) is 0 Å². The highest BCUT2D eigenvalue weighted by Gasteiger charge is 2.66. The van der Waals surface area contributed by atoms with Gasteiger partial charge in [0.1, 0.15) is 0 Å². The number of ether oxygens (including phenoxy) is 2. The Kier molecular flexibility index (Phi) is 6.54. The van der Waals surface area contributed by atoms with Gasteiger partial charge < -0.3 is 19.0 Å². The van der Waals surface area contributed by atoms with Crippen molar-refractivity contribution in [2.45, 2.75) is 129 Å². The molecule has 7 atom stereocenters. The highest BCUT2D eigenvalue weighted by Crippen LogP contribution is 2.65. The minimum atomic E-state index is -1.76. The van der Waals surface area contributed by atoms with E-state index in [0.717, 1.165) is 38.5 Å². The second-order valence-corrected chi connectivity index (χ2v) is 18.3. The molecule has 0 aromatic carbocycles. The predicted octanol–water partition coefficient (Wildman–Crippen LogP) is 6.52. The number of aliphatic hydroxyl groups is 1.